The summed E-state index contributed by atoms with van der Waals surface area (Å²) in [5.41, 5.74) is 6.36. The molecule has 1 rings (SSSR count). The van der Waals surface area contributed by atoms with E-state index in [4.69, 9.17) is 10.2 Å². The molecule has 0 heterocycles. The number of nitrogens with one attached hydrogen (secondary N) is 2. The predicted molar refractivity (Wildman–Crippen MR) is 60.0 cm³/mol. The molecule has 0 aromatic heterocycles. The van der Waals surface area contributed by atoms with Gasteiger partial charge in [-0.1, -0.05) is 19.1 Å². The minimum Gasteiger partial charge on any atom is -0.508 e. The van der Waals surface area contributed by atoms with E-state index in [9.17, 15) is 4.79 Å². The highest BCUT2D eigenvalue weighted by atomic mass is 16.4. The smallest absolute Gasteiger partial charge is 0.322 e. The normalized spacial score (nSPS) is 12.3. The van der Waals surface area contributed by atoms with E-state index in [-0.39, 0.29) is 5.75 Å². The first-order valence-electron chi connectivity index (χ1n) is 5.12. The van der Waals surface area contributed by atoms with Crippen molar-refractivity contribution in [3.63, 3.8) is 0 Å². The van der Waals surface area contributed by atoms with Crippen molar-refractivity contribution in [1.82, 2.24) is 10.9 Å². The fraction of sp³-hybridized carbons (Fsp3) is 0.364. The number of benzene rings is 1. The number of aromatic hydroxyl groups is 1. The van der Waals surface area contributed by atoms with E-state index in [2.05, 4.69) is 10.9 Å². The number of hydrogen-bond donors (Lipinski definition) is 4. The number of hydrogen-bond acceptors (Lipinski definition) is 4. The van der Waals surface area contributed by atoms with Gasteiger partial charge in [0.15, 0.2) is 0 Å². The number of hydrazine groups is 1. The summed E-state index contributed by atoms with van der Waals surface area (Å²) in [6.07, 6.45) is 0.364. The fourth-order valence-corrected chi connectivity index (χ4v) is 1.29. The lowest BCUT2D eigenvalue weighted by molar-refractivity contribution is -0.139. The zero-order valence-corrected chi connectivity index (χ0v) is 9.10. The molecule has 0 aliphatic rings. The third-order valence-corrected chi connectivity index (χ3v) is 2.13. The van der Waals surface area contributed by atoms with Crippen molar-refractivity contribution in [2.75, 3.05) is 6.54 Å². The molecule has 1 atom stereocenters. The zero-order chi connectivity index (χ0) is 12.0. The van der Waals surface area contributed by atoms with Gasteiger partial charge in [-0.3, -0.25) is 10.2 Å². The number of carboxylic acid groups (broad SMARTS) is 1. The maximum Gasteiger partial charge on any atom is 0.322 e. The van der Waals surface area contributed by atoms with Crippen molar-refractivity contribution in [3.8, 4) is 5.75 Å². The molecular weight excluding hydrogens is 208 g/mol. The van der Waals surface area contributed by atoms with Gasteiger partial charge in [-0.15, -0.1) is 0 Å². The van der Waals surface area contributed by atoms with Gasteiger partial charge in [0.1, 0.15) is 11.8 Å². The van der Waals surface area contributed by atoms with E-state index in [1.54, 1.807) is 24.3 Å². The van der Waals surface area contributed by atoms with Crippen LogP contribution in [-0.4, -0.2) is 28.8 Å². The van der Waals surface area contributed by atoms with Crippen LogP contribution in [0.15, 0.2) is 24.3 Å². The standard InChI is InChI=1S/C11H16N2O3/c1-2-12-13-10(11(15)16)7-8-3-5-9(14)6-4-8/h3-6,10,12-14H,2,7H2,1H3,(H,15,16)/t10-/m0/s1. The molecule has 4 N–H and O–H groups in total. The average Bonchev–Trinajstić information content (AvgIpc) is 2.26. The Morgan fingerprint density at radius 1 is 1.38 bits per heavy atom. The molecule has 88 valence electrons. The van der Waals surface area contributed by atoms with Gasteiger partial charge >= 0.3 is 5.97 Å². The second kappa shape index (κ2) is 6.09. The topological polar surface area (TPSA) is 81.6 Å². The quantitative estimate of drug-likeness (QED) is 0.529. The molecule has 16 heavy (non-hydrogen) atoms. The van der Waals surface area contributed by atoms with Crippen LogP contribution in [0, 0.1) is 0 Å². The molecule has 0 saturated carbocycles. The number of rotatable bonds is 6. The molecule has 0 aliphatic heterocycles. The van der Waals surface area contributed by atoms with E-state index < -0.39 is 12.0 Å². The summed E-state index contributed by atoms with van der Waals surface area (Å²) in [5, 5.41) is 18.1. The molecule has 5 heteroatoms. The minimum absolute atomic E-state index is 0.176. The Kier molecular flexibility index (Phi) is 4.75. The van der Waals surface area contributed by atoms with Crippen molar-refractivity contribution in [1.29, 1.82) is 0 Å². The maximum atomic E-state index is 10.9. The van der Waals surface area contributed by atoms with Crippen LogP contribution in [0.2, 0.25) is 0 Å². The van der Waals surface area contributed by atoms with Crippen LogP contribution in [0.3, 0.4) is 0 Å². The largest absolute Gasteiger partial charge is 0.508 e. The Labute approximate surface area is 94.1 Å². The Morgan fingerprint density at radius 3 is 2.50 bits per heavy atom. The summed E-state index contributed by atoms with van der Waals surface area (Å²) >= 11 is 0. The summed E-state index contributed by atoms with van der Waals surface area (Å²) in [4.78, 5) is 10.9. The first-order chi connectivity index (χ1) is 7.63. The molecule has 0 radical (unpaired) electrons. The molecular formula is C11H16N2O3. The Balaban J connectivity index is 2.60. The van der Waals surface area contributed by atoms with Gasteiger partial charge in [-0.2, -0.15) is 0 Å². The van der Waals surface area contributed by atoms with Gasteiger partial charge in [0.25, 0.3) is 0 Å². The number of carboxylic acids is 1. The van der Waals surface area contributed by atoms with E-state index in [1.807, 2.05) is 6.92 Å². The molecule has 1 aromatic carbocycles. The monoisotopic (exact) mass is 224 g/mol. The van der Waals surface area contributed by atoms with Gasteiger partial charge in [0.2, 0.25) is 0 Å². The first kappa shape index (κ1) is 12.5. The van der Waals surface area contributed by atoms with E-state index in [0.29, 0.717) is 13.0 Å². The van der Waals surface area contributed by atoms with Gasteiger partial charge in [-0.05, 0) is 24.1 Å². The molecule has 0 saturated heterocycles. The summed E-state index contributed by atoms with van der Waals surface area (Å²) in [5.74, 6) is -0.732. The van der Waals surface area contributed by atoms with Crippen LogP contribution in [-0.2, 0) is 11.2 Å². The molecule has 0 aliphatic carbocycles. The summed E-state index contributed by atoms with van der Waals surface area (Å²) in [6, 6.07) is 5.82. The van der Waals surface area contributed by atoms with Crippen molar-refractivity contribution < 1.29 is 15.0 Å². The number of phenols is 1. The highest BCUT2D eigenvalue weighted by molar-refractivity contribution is 5.73. The maximum absolute atomic E-state index is 10.9. The Bertz CT molecular complexity index is 338. The predicted octanol–water partition coefficient (Wildman–Crippen LogP) is 0.502. The van der Waals surface area contributed by atoms with Crippen LogP contribution in [0.25, 0.3) is 0 Å². The average molecular weight is 224 g/mol. The number of aliphatic carboxylic acids is 1. The minimum atomic E-state index is -0.908. The lowest BCUT2D eigenvalue weighted by Gasteiger charge is -2.14. The lowest BCUT2D eigenvalue weighted by atomic mass is 10.1. The highest BCUT2D eigenvalue weighted by Gasteiger charge is 2.16. The van der Waals surface area contributed by atoms with Crippen LogP contribution in [0.4, 0.5) is 0 Å². The number of carbonyl (C=O) groups is 1. The van der Waals surface area contributed by atoms with Gasteiger partial charge in [0.05, 0.1) is 0 Å². The Morgan fingerprint density at radius 2 is 2.00 bits per heavy atom. The van der Waals surface area contributed by atoms with Crippen molar-refractivity contribution >= 4 is 5.97 Å². The molecule has 0 amide bonds. The second-order valence-electron chi connectivity index (χ2n) is 3.44. The summed E-state index contributed by atoms with van der Waals surface area (Å²) in [6.45, 7) is 2.53. The van der Waals surface area contributed by atoms with Gasteiger partial charge in [-0.25, -0.2) is 5.43 Å². The van der Waals surface area contributed by atoms with Crippen molar-refractivity contribution in [3.05, 3.63) is 29.8 Å². The summed E-state index contributed by atoms with van der Waals surface area (Å²) in [7, 11) is 0. The van der Waals surface area contributed by atoms with Crippen molar-refractivity contribution in [2.45, 2.75) is 19.4 Å². The molecule has 1 aromatic rings. The van der Waals surface area contributed by atoms with Crippen LogP contribution in [0.5, 0.6) is 5.75 Å². The molecule has 0 bridgehead atoms. The van der Waals surface area contributed by atoms with Gasteiger partial charge in [0, 0.05) is 6.54 Å². The van der Waals surface area contributed by atoms with Crippen molar-refractivity contribution in [2.24, 2.45) is 0 Å². The molecule has 5 nitrogen and oxygen atoms in total. The SMILES string of the molecule is CCNN[C@@H](Cc1ccc(O)cc1)C(=O)O. The first-order valence-corrected chi connectivity index (χ1v) is 5.12. The molecule has 0 spiro atoms. The molecule has 0 unspecified atom stereocenters. The third-order valence-electron chi connectivity index (χ3n) is 2.13. The number of phenolic OH excluding ortho intramolecular Hbond substituents is 1. The summed E-state index contributed by atoms with van der Waals surface area (Å²) < 4.78 is 0. The fourth-order valence-electron chi connectivity index (χ4n) is 1.29. The Hall–Kier alpha value is -1.59. The van der Waals surface area contributed by atoms with Crippen LogP contribution >= 0.6 is 0 Å². The highest BCUT2D eigenvalue weighted by Crippen LogP contribution is 2.11. The van der Waals surface area contributed by atoms with E-state index >= 15 is 0 Å². The lowest BCUT2D eigenvalue weighted by Crippen LogP contribution is -2.46. The third kappa shape index (κ3) is 3.88. The second-order valence-corrected chi connectivity index (χ2v) is 3.44. The van der Waals surface area contributed by atoms with Crippen LogP contribution in [0.1, 0.15) is 12.5 Å². The van der Waals surface area contributed by atoms with E-state index in [1.165, 1.54) is 0 Å². The van der Waals surface area contributed by atoms with Crippen LogP contribution < -0.4 is 10.9 Å². The zero-order valence-electron chi connectivity index (χ0n) is 9.10. The molecule has 0 fully saturated rings. The van der Waals surface area contributed by atoms with E-state index in [0.717, 1.165) is 5.56 Å². The van der Waals surface area contributed by atoms with Gasteiger partial charge < -0.3 is 10.2 Å².